The van der Waals surface area contributed by atoms with Crippen LogP contribution in [0.25, 0.3) is 0 Å². The lowest BCUT2D eigenvalue weighted by Crippen LogP contribution is -2.15. The lowest BCUT2D eigenvalue weighted by Gasteiger charge is -2.11. The van der Waals surface area contributed by atoms with Crippen LogP contribution in [-0.2, 0) is 13.6 Å². The van der Waals surface area contributed by atoms with Crippen LogP contribution in [0.3, 0.4) is 0 Å². The van der Waals surface area contributed by atoms with Crippen LogP contribution in [0.4, 0.5) is 0 Å². The van der Waals surface area contributed by atoms with Crippen molar-refractivity contribution in [2.75, 3.05) is 0 Å². The van der Waals surface area contributed by atoms with Crippen LogP contribution in [0, 0.1) is 20.8 Å². The molecule has 0 radical (unpaired) electrons. The Morgan fingerprint density at radius 3 is 2.67 bits per heavy atom. The van der Waals surface area contributed by atoms with Crippen molar-refractivity contribution in [3.63, 3.8) is 0 Å². The maximum Gasteiger partial charge on any atom is 0.171 e. The van der Waals surface area contributed by atoms with E-state index in [1.807, 2.05) is 25.6 Å². The number of hydrogen-bond acceptors (Lipinski definition) is 3. The maximum atomic E-state index is 6.14. The molecule has 1 aliphatic rings. The maximum absolute atomic E-state index is 6.14. The zero-order valence-corrected chi connectivity index (χ0v) is 13.2. The molecule has 4 heteroatoms. The Bertz CT molecular complexity index is 656. The van der Waals surface area contributed by atoms with E-state index >= 15 is 0 Å². The highest BCUT2D eigenvalue weighted by Crippen LogP contribution is 2.31. The molecule has 0 amide bonds. The first-order valence-electron chi connectivity index (χ1n) is 7.55. The molecule has 1 N–H and O–H groups in total. The van der Waals surface area contributed by atoms with Crippen molar-refractivity contribution in [3.05, 3.63) is 40.7 Å². The minimum Gasteiger partial charge on any atom is -0.453 e. The van der Waals surface area contributed by atoms with Crippen LogP contribution in [0.2, 0.25) is 0 Å². The summed E-state index contributed by atoms with van der Waals surface area (Å²) in [6.07, 6.45) is 2.62. The van der Waals surface area contributed by atoms with Crippen molar-refractivity contribution in [1.82, 2.24) is 15.1 Å². The van der Waals surface area contributed by atoms with Crippen molar-refractivity contribution in [1.29, 1.82) is 0 Å². The second-order valence-electron chi connectivity index (χ2n) is 5.98. The predicted molar refractivity (Wildman–Crippen MR) is 83.8 cm³/mol. The van der Waals surface area contributed by atoms with E-state index in [1.165, 1.54) is 18.4 Å². The fourth-order valence-corrected chi connectivity index (χ4v) is 2.43. The molecule has 2 aromatic rings. The number of nitrogens with one attached hydrogen (secondary N) is 1. The first kappa shape index (κ1) is 14.1. The van der Waals surface area contributed by atoms with Gasteiger partial charge in [-0.05, 0) is 50.8 Å². The van der Waals surface area contributed by atoms with E-state index in [-0.39, 0.29) is 0 Å². The summed E-state index contributed by atoms with van der Waals surface area (Å²) in [6.45, 7) is 7.00. The predicted octanol–water partition coefficient (Wildman–Crippen LogP) is 3.39. The van der Waals surface area contributed by atoms with Crippen molar-refractivity contribution in [2.45, 2.75) is 46.2 Å². The lowest BCUT2D eigenvalue weighted by molar-refractivity contribution is 0.469. The largest absolute Gasteiger partial charge is 0.453 e. The van der Waals surface area contributed by atoms with Gasteiger partial charge in [0.25, 0.3) is 0 Å². The van der Waals surface area contributed by atoms with Crippen molar-refractivity contribution < 1.29 is 4.74 Å². The molecule has 3 rings (SSSR count). The number of rotatable bonds is 5. The van der Waals surface area contributed by atoms with Gasteiger partial charge < -0.3 is 10.1 Å². The summed E-state index contributed by atoms with van der Waals surface area (Å²) in [7, 11) is 1.94. The standard InChI is InChI=1S/C17H23N3O/c1-11-5-6-14(10-18-15-7-8-15)9-16(11)21-17-12(2)19-20(4)13(17)3/h5-6,9,15,18H,7-8,10H2,1-4H3. The molecule has 0 saturated heterocycles. The number of nitrogens with zero attached hydrogens (tertiary/aromatic N) is 2. The summed E-state index contributed by atoms with van der Waals surface area (Å²) in [5.41, 5.74) is 4.39. The molecule has 1 fully saturated rings. The van der Waals surface area contributed by atoms with Crippen molar-refractivity contribution in [2.24, 2.45) is 7.05 Å². The molecule has 1 aromatic heterocycles. The minimum absolute atomic E-state index is 0.721. The third-order valence-electron chi connectivity index (χ3n) is 4.08. The first-order chi connectivity index (χ1) is 10.0. The summed E-state index contributed by atoms with van der Waals surface area (Å²) in [6, 6.07) is 7.15. The van der Waals surface area contributed by atoms with E-state index in [4.69, 9.17) is 4.74 Å². The zero-order chi connectivity index (χ0) is 15.0. The van der Waals surface area contributed by atoms with Crippen LogP contribution < -0.4 is 10.1 Å². The number of aromatic nitrogens is 2. The second-order valence-corrected chi connectivity index (χ2v) is 5.98. The first-order valence-corrected chi connectivity index (χ1v) is 7.55. The van der Waals surface area contributed by atoms with Gasteiger partial charge in [-0.25, -0.2) is 0 Å². The monoisotopic (exact) mass is 285 g/mol. The van der Waals surface area contributed by atoms with Gasteiger partial charge in [-0.3, -0.25) is 4.68 Å². The van der Waals surface area contributed by atoms with Gasteiger partial charge in [0, 0.05) is 19.6 Å². The third-order valence-corrected chi connectivity index (χ3v) is 4.08. The molecular weight excluding hydrogens is 262 g/mol. The number of ether oxygens (including phenoxy) is 1. The Kier molecular flexibility index (Phi) is 3.72. The molecule has 0 spiro atoms. The molecule has 0 bridgehead atoms. The minimum atomic E-state index is 0.721. The summed E-state index contributed by atoms with van der Waals surface area (Å²) in [5, 5.41) is 7.94. The van der Waals surface area contributed by atoms with E-state index in [0.29, 0.717) is 0 Å². The zero-order valence-electron chi connectivity index (χ0n) is 13.2. The van der Waals surface area contributed by atoms with Crippen LogP contribution in [0.1, 0.15) is 35.4 Å². The SMILES string of the molecule is Cc1ccc(CNC2CC2)cc1Oc1c(C)nn(C)c1C. The van der Waals surface area contributed by atoms with Gasteiger partial charge in [-0.15, -0.1) is 0 Å². The summed E-state index contributed by atoms with van der Waals surface area (Å²) < 4.78 is 8.00. The van der Waals surface area contributed by atoms with Gasteiger partial charge in [0.1, 0.15) is 11.4 Å². The quantitative estimate of drug-likeness (QED) is 0.915. The highest BCUT2D eigenvalue weighted by molar-refractivity contribution is 5.42. The van der Waals surface area contributed by atoms with Crippen LogP contribution in [-0.4, -0.2) is 15.8 Å². The highest BCUT2D eigenvalue weighted by Gasteiger charge is 2.20. The number of hydrogen-bond donors (Lipinski definition) is 1. The van der Waals surface area contributed by atoms with Gasteiger partial charge in [0.05, 0.1) is 5.69 Å². The highest BCUT2D eigenvalue weighted by atomic mass is 16.5. The van der Waals surface area contributed by atoms with Crippen LogP contribution in [0.5, 0.6) is 11.5 Å². The smallest absolute Gasteiger partial charge is 0.171 e. The Labute approximate surface area is 126 Å². The van der Waals surface area contributed by atoms with E-state index in [1.54, 1.807) is 0 Å². The Morgan fingerprint density at radius 2 is 2.05 bits per heavy atom. The van der Waals surface area contributed by atoms with Gasteiger partial charge in [-0.1, -0.05) is 12.1 Å². The molecule has 112 valence electrons. The van der Waals surface area contributed by atoms with Crippen LogP contribution in [0.15, 0.2) is 18.2 Å². The van der Waals surface area contributed by atoms with E-state index < -0.39 is 0 Å². The number of aryl methyl sites for hydroxylation is 3. The van der Waals surface area contributed by atoms with E-state index in [0.717, 1.165) is 41.0 Å². The third kappa shape index (κ3) is 3.10. The normalized spacial score (nSPS) is 14.5. The topological polar surface area (TPSA) is 39.1 Å². The van der Waals surface area contributed by atoms with Gasteiger partial charge in [0.15, 0.2) is 5.75 Å². The van der Waals surface area contributed by atoms with E-state index in [2.05, 4.69) is 35.5 Å². The summed E-state index contributed by atoms with van der Waals surface area (Å²) in [5.74, 6) is 1.79. The average molecular weight is 285 g/mol. The van der Waals surface area contributed by atoms with Gasteiger partial charge in [0.2, 0.25) is 0 Å². The van der Waals surface area contributed by atoms with Crippen LogP contribution >= 0.6 is 0 Å². The van der Waals surface area contributed by atoms with Crippen molar-refractivity contribution in [3.8, 4) is 11.5 Å². The molecule has 1 aromatic carbocycles. The summed E-state index contributed by atoms with van der Waals surface area (Å²) >= 11 is 0. The van der Waals surface area contributed by atoms with Crippen molar-refractivity contribution >= 4 is 0 Å². The molecule has 0 unspecified atom stereocenters. The molecule has 1 aliphatic carbocycles. The Hall–Kier alpha value is -1.81. The Balaban J connectivity index is 1.81. The Morgan fingerprint density at radius 1 is 1.29 bits per heavy atom. The number of benzene rings is 1. The fraction of sp³-hybridized carbons (Fsp3) is 0.471. The average Bonchev–Trinajstić information content (AvgIpc) is 3.24. The molecular formula is C17H23N3O. The molecule has 0 aliphatic heterocycles. The molecule has 4 nitrogen and oxygen atoms in total. The lowest BCUT2D eigenvalue weighted by atomic mass is 10.1. The van der Waals surface area contributed by atoms with Gasteiger partial charge >= 0.3 is 0 Å². The molecule has 1 heterocycles. The fourth-order valence-electron chi connectivity index (χ4n) is 2.43. The molecule has 1 saturated carbocycles. The second kappa shape index (κ2) is 5.53. The van der Waals surface area contributed by atoms with Gasteiger partial charge in [-0.2, -0.15) is 5.10 Å². The van der Waals surface area contributed by atoms with E-state index in [9.17, 15) is 0 Å². The molecule has 21 heavy (non-hydrogen) atoms. The summed E-state index contributed by atoms with van der Waals surface area (Å²) in [4.78, 5) is 0. The molecule has 0 atom stereocenters.